The predicted octanol–water partition coefficient (Wildman–Crippen LogP) is 3.32. The van der Waals surface area contributed by atoms with Gasteiger partial charge in [0.05, 0.1) is 6.61 Å². The van der Waals surface area contributed by atoms with Gasteiger partial charge in [-0.1, -0.05) is 27.5 Å². The number of halogens is 3. The molecule has 1 aromatic rings. The first-order valence-corrected chi connectivity index (χ1v) is 6.88. The minimum Gasteiger partial charge on any atom is -0.383 e. The average Bonchev–Trinajstić information content (AvgIpc) is 2.31. The fourth-order valence-corrected chi connectivity index (χ4v) is 2.21. The quantitative estimate of drug-likeness (QED) is 0.713. The Morgan fingerprint density at radius 1 is 1.41 bits per heavy atom. The summed E-state index contributed by atoms with van der Waals surface area (Å²) >= 11 is 9.25. The Balaban J connectivity index is 2.67. The van der Waals surface area contributed by atoms with Crippen molar-refractivity contribution in [3.63, 3.8) is 0 Å². The third kappa shape index (κ3) is 5.34. The molecule has 5 heteroatoms. The fourth-order valence-electron chi connectivity index (χ4n) is 1.52. The summed E-state index contributed by atoms with van der Waals surface area (Å²) in [6.45, 7) is 2.79. The summed E-state index contributed by atoms with van der Waals surface area (Å²) in [6.07, 6.45) is 0. The highest BCUT2D eigenvalue weighted by atomic mass is 79.9. The Kier molecular flexibility index (Phi) is 7.04. The van der Waals surface area contributed by atoms with E-state index < -0.39 is 0 Å². The van der Waals surface area contributed by atoms with Gasteiger partial charge in [0.1, 0.15) is 5.82 Å². The summed E-state index contributed by atoms with van der Waals surface area (Å²) in [7, 11) is 1.66. The van der Waals surface area contributed by atoms with Gasteiger partial charge >= 0.3 is 0 Å². The van der Waals surface area contributed by atoms with Gasteiger partial charge in [-0.25, -0.2) is 4.39 Å². The third-order valence-corrected chi connectivity index (χ3v) is 3.00. The summed E-state index contributed by atoms with van der Waals surface area (Å²) in [5.74, 6) is -0.216. The number of nitrogens with zero attached hydrogens (tertiary/aromatic N) is 1. The van der Waals surface area contributed by atoms with Crippen LogP contribution in [0.5, 0.6) is 0 Å². The molecule has 0 radical (unpaired) electrons. The molecule has 96 valence electrons. The molecule has 0 aliphatic heterocycles. The summed E-state index contributed by atoms with van der Waals surface area (Å²) in [6, 6.07) is 4.63. The minimum atomic E-state index is -0.216. The van der Waals surface area contributed by atoms with E-state index in [9.17, 15) is 4.39 Å². The van der Waals surface area contributed by atoms with Gasteiger partial charge in [-0.15, -0.1) is 0 Å². The molecule has 0 amide bonds. The average molecular weight is 325 g/mol. The molecule has 0 spiro atoms. The standard InChI is InChI=1S/C12H16BrClFNO/c1-17-7-6-16(5-4-13)9-10-8-11(14)2-3-12(10)15/h2-3,8H,4-7,9H2,1H3. The van der Waals surface area contributed by atoms with E-state index in [4.69, 9.17) is 16.3 Å². The molecular formula is C12H16BrClFNO. The number of hydrogen-bond acceptors (Lipinski definition) is 2. The van der Waals surface area contributed by atoms with E-state index in [-0.39, 0.29) is 5.82 Å². The van der Waals surface area contributed by atoms with Crippen molar-refractivity contribution in [3.05, 3.63) is 34.6 Å². The molecule has 0 bridgehead atoms. The topological polar surface area (TPSA) is 12.5 Å². The van der Waals surface area contributed by atoms with Gasteiger partial charge in [-0.2, -0.15) is 0 Å². The van der Waals surface area contributed by atoms with Crippen LogP contribution in [-0.4, -0.2) is 37.0 Å². The first kappa shape index (κ1) is 14.9. The smallest absolute Gasteiger partial charge is 0.127 e. The van der Waals surface area contributed by atoms with E-state index >= 15 is 0 Å². The summed E-state index contributed by atoms with van der Waals surface area (Å²) in [4.78, 5) is 2.12. The van der Waals surface area contributed by atoms with E-state index in [1.54, 1.807) is 19.2 Å². The number of benzene rings is 1. The van der Waals surface area contributed by atoms with E-state index in [2.05, 4.69) is 20.8 Å². The van der Waals surface area contributed by atoms with E-state index in [1.165, 1.54) is 6.07 Å². The first-order valence-electron chi connectivity index (χ1n) is 5.38. The molecule has 0 unspecified atom stereocenters. The Morgan fingerprint density at radius 3 is 2.82 bits per heavy atom. The molecule has 0 aliphatic rings. The number of rotatable bonds is 7. The van der Waals surface area contributed by atoms with Crippen molar-refractivity contribution >= 4 is 27.5 Å². The lowest BCUT2D eigenvalue weighted by Gasteiger charge is -2.21. The molecule has 17 heavy (non-hydrogen) atoms. The summed E-state index contributed by atoms with van der Waals surface area (Å²) in [5, 5.41) is 1.41. The zero-order chi connectivity index (χ0) is 12.7. The van der Waals surface area contributed by atoms with Crippen LogP contribution in [0.3, 0.4) is 0 Å². The van der Waals surface area contributed by atoms with Crippen molar-refractivity contribution in [3.8, 4) is 0 Å². The van der Waals surface area contributed by atoms with Gasteiger partial charge in [-0.05, 0) is 18.2 Å². The molecule has 0 saturated carbocycles. The molecule has 0 fully saturated rings. The highest BCUT2D eigenvalue weighted by Crippen LogP contribution is 2.16. The Labute approximate surface area is 115 Å². The SMILES string of the molecule is COCCN(CCBr)Cc1cc(Cl)ccc1F. The second kappa shape index (κ2) is 8.03. The van der Waals surface area contributed by atoms with E-state index in [1.807, 2.05) is 0 Å². The number of ether oxygens (including phenoxy) is 1. The van der Waals surface area contributed by atoms with Crippen molar-refractivity contribution in [2.75, 3.05) is 32.1 Å². The maximum Gasteiger partial charge on any atom is 0.127 e. The van der Waals surface area contributed by atoms with E-state index in [0.717, 1.165) is 18.4 Å². The second-order valence-corrected chi connectivity index (χ2v) is 4.92. The van der Waals surface area contributed by atoms with Gasteiger partial charge < -0.3 is 4.74 Å². The van der Waals surface area contributed by atoms with Crippen LogP contribution in [0.25, 0.3) is 0 Å². The predicted molar refractivity (Wildman–Crippen MR) is 72.4 cm³/mol. The molecule has 1 rings (SSSR count). The number of alkyl halides is 1. The van der Waals surface area contributed by atoms with E-state index in [0.29, 0.717) is 23.7 Å². The number of methoxy groups -OCH3 is 1. The maximum absolute atomic E-state index is 13.6. The fraction of sp³-hybridized carbons (Fsp3) is 0.500. The first-order chi connectivity index (χ1) is 8.17. The van der Waals surface area contributed by atoms with Gasteiger partial charge in [-0.3, -0.25) is 4.90 Å². The van der Waals surface area contributed by atoms with Gasteiger partial charge in [0, 0.05) is 42.7 Å². The van der Waals surface area contributed by atoms with Crippen LogP contribution in [0, 0.1) is 5.82 Å². The van der Waals surface area contributed by atoms with Crippen LogP contribution >= 0.6 is 27.5 Å². The molecule has 0 aliphatic carbocycles. The lowest BCUT2D eigenvalue weighted by atomic mass is 10.2. The minimum absolute atomic E-state index is 0.216. The van der Waals surface area contributed by atoms with Crippen LogP contribution in [0.4, 0.5) is 4.39 Å². The Bertz CT molecular complexity index is 351. The normalized spacial score (nSPS) is 11.1. The van der Waals surface area contributed by atoms with Crippen molar-refractivity contribution in [2.45, 2.75) is 6.54 Å². The Hall–Kier alpha value is -0.160. The highest BCUT2D eigenvalue weighted by Gasteiger charge is 2.09. The molecule has 0 saturated heterocycles. The summed E-state index contributed by atoms with van der Waals surface area (Å²) in [5.41, 5.74) is 0.620. The molecule has 0 heterocycles. The molecule has 0 aromatic heterocycles. The van der Waals surface area contributed by atoms with Crippen molar-refractivity contribution < 1.29 is 9.13 Å². The van der Waals surface area contributed by atoms with Crippen LogP contribution in [0.15, 0.2) is 18.2 Å². The van der Waals surface area contributed by atoms with Crippen LogP contribution in [-0.2, 0) is 11.3 Å². The van der Waals surface area contributed by atoms with Gasteiger partial charge in [0.25, 0.3) is 0 Å². The lowest BCUT2D eigenvalue weighted by Crippen LogP contribution is -2.29. The Morgan fingerprint density at radius 2 is 2.18 bits per heavy atom. The van der Waals surface area contributed by atoms with Gasteiger partial charge in [0.15, 0.2) is 0 Å². The van der Waals surface area contributed by atoms with Crippen molar-refractivity contribution in [1.29, 1.82) is 0 Å². The maximum atomic E-state index is 13.6. The monoisotopic (exact) mass is 323 g/mol. The lowest BCUT2D eigenvalue weighted by molar-refractivity contribution is 0.147. The number of hydrogen-bond donors (Lipinski definition) is 0. The van der Waals surface area contributed by atoms with Crippen LogP contribution < -0.4 is 0 Å². The van der Waals surface area contributed by atoms with Gasteiger partial charge in [0.2, 0.25) is 0 Å². The molecule has 2 nitrogen and oxygen atoms in total. The largest absolute Gasteiger partial charge is 0.383 e. The third-order valence-electron chi connectivity index (χ3n) is 2.41. The van der Waals surface area contributed by atoms with Crippen LogP contribution in [0.1, 0.15) is 5.56 Å². The summed E-state index contributed by atoms with van der Waals surface area (Å²) < 4.78 is 18.6. The molecular weight excluding hydrogens is 308 g/mol. The highest BCUT2D eigenvalue weighted by molar-refractivity contribution is 9.09. The van der Waals surface area contributed by atoms with Crippen LogP contribution in [0.2, 0.25) is 5.02 Å². The second-order valence-electron chi connectivity index (χ2n) is 3.69. The molecule has 0 N–H and O–H groups in total. The zero-order valence-corrected chi connectivity index (χ0v) is 12.1. The zero-order valence-electron chi connectivity index (χ0n) is 9.76. The van der Waals surface area contributed by atoms with Crippen molar-refractivity contribution in [1.82, 2.24) is 4.90 Å². The molecule has 0 atom stereocenters. The van der Waals surface area contributed by atoms with Crippen molar-refractivity contribution in [2.24, 2.45) is 0 Å². The molecule has 1 aromatic carbocycles.